The van der Waals surface area contributed by atoms with Crippen LogP contribution in [0.1, 0.15) is 90.4 Å². The van der Waals surface area contributed by atoms with Crippen molar-refractivity contribution in [2.75, 3.05) is 4.90 Å². The number of fused-ring (bicyclic) bond motifs is 9. The predicted octanol–water partition coefficient (Wildman–Crippen LogP) is 12.8. The first-order valence-corrected chi connectivity index (χ1v) is 19.7. The Kier molecular flexibility index (Phi) is 6.84. The molecule has 6 aliphatic rings. The van der Waals surface area contributed by atoms with Crippen molar-refractivity contribution >= 4 is 45.2 Å². The van der Waals surface area contributed by atoms with E-state index in [1.165, 1.54) is 83.8 Å². The van der Waals surface area contributed by atoms with Crippen molar-refractivity contribution in [1.29, 1.82) is 0 Å². The third kappa shape index (κ3) is 4.64. The largest absolute Gasteiger partial charge is 0.333 e. The molecule has 5 aliphatic carbocycles. The second-order valence-corrected chi connectivity index (χ2v) is 16.2. The number of hydrogen-bond donors (Lipinski definition) is 0. The highest BCUT2D eigenvalue weighted by Crippen LogP contribution is 2.57. The number of rotatable bonds is 4. The highest BCUT2D eigenvalue weighted by Gasteiger charge is 2.46. The van der Waals surface area contributed by atoms with Gasteiger partial charge in [0, 0.05) is 45.4 Å². The van der Waals surface area contributed by atoms with E-state index in [-0.39, 0.29) is 17.4 Å². The number of hydrogen-bond acceptors (Lipinski definition) is 1. The summed E-state index contributed by atoms with van der Waals surface area (Å²) in [6.45, 7) is 4.82. The summed E-state index contributed by atoms with van der Waals surface area (Å²) < 4.78 is 2.49. The van der Waals surface area contributed by atoms with E-state index in [1.54, 1.807) is 0 Å². The Hall–Kier alpha value is -5.60. The normalized spacial score (nSPS) is 23.1. The van der Waals surface area contributed by atoms with E-state index >= 15 is 0 Å². The molecule has 0 saturated carbocycles. The average molecular weight is 685 g/mol. The van der Waals surface area contributed by atoms with E-state index in [0.717, 1.165) is 32.1 Å². The number of allylic oxidation sites excluding steroid dienone is 11. The molecule has 0 amide bonds. The summed E-state index contributed by atoms with van der Waals surface area (Å²) in [4.78, 5) is 2.63. The molecule has 0 bridgehead atoms. The Labute approximate surface area is 313 Å². The van der Waals surface area contributed by atoms with Crippen molar-refractivity contribution in [2.45, 2.75) is 69.2 Å². The molecule has 258 valence electrons. The lowest BCUT2D eigenvalue weighted by Gasteiger charge is -2.33. The summed E-state index contributed by atoms with van der Waals surface area (Å²) in [5, 5.41) is 1.38. The van der Waals surface area contributed by atoms with Crippen LogP contribution in [0, 0.1) is 0 Å². The van der Waals surface area contributed by atoms with Crippen LogP contribution in [0.5, 0.6) is 0 Å². The van der Waals surface area contributed by atoms with Gasteiger partial charge in [-0.2, -0.15) is 0 Å². The molecule has 11 rings (SSSR count). The van der Waals surface area contributed by atoms with Gasteiger partial charge in [-0.15, -0.1) is 0 Å². The number of nitrogens with zero attached hydrogens (tertiary/aromatic N) is 2. The molecule has 2 heterocycles. The van der Waals surface area contributed by atoms with Gasteiger partial charge in [-0.1, -0.05) is 129 Å². The monoisotopic (exact) mass is 684 g/mol. The van der Waals surface area contributed by atoms with E-state index in [0.29, 0.717) is 5.92 Å². The predicted molar refractivity (Wildman–Crippen MR) is 223 cm³/mol. The zero-order chi connectivity index (χ0) is 35.3. The molecular weight excluding hydrogens is 641 g/mol. The highest BCUT2D eigenvalue weighted by molar-refractivity contribution is 5.95. The SMILES string of the molecule is CC1(C)C2=CC3C(C=C2c2ccccc21)c1cc(C2C=Cc4c(c5ccccc5n4C4=CCCC=C4)C2)ccc1N3c1ccc(C2=CC=CCC2)cc1. The maximum Gasteiger partial charge on any atom is 0.0632 e. The molecule has 1 aromatic heterocycles. The van der Waals surface area contributed by atoms with Crippen LogP contribution < -0.4 is 4.90 Å². The molecule has 0 radical (unpaired) electrons. The van der Waals surface area contributed by atoms with E-state index in [4.69, 9.17) is 0 Å². The van der Waals surface area contributed by atoms with Crippen molar-refractivity contribution in [2.24, 2.45) is 0 Å². The van der Waals surface area contributed by atoms with Gasteiger partial charge in [0.25, 0.3) is 0 Å². The molecule has 0 spiro atoms. The van der Waals surface area contributed by atoms with Crippen LogP contribution in [0.25, 0.3) is 33.8 Å². The van der Waals surface area contributed by atoms with Crippen LogP contribution in [-0.4, -0.2) is 10.6 Å². The number of aromatic nitrogens is 1. The second kappa shape index (κ2) is 11.7. The number of para-hydroxylation sites is 1. The van der Waals surface area contributed by atoms with Gasteiger partial charge in [-0.25, -0.2) is 0 Å². The van der Waals surface area contributed by atoms with Gasteiger partial charge in [-0.3, -0.25) is 0 Å². The van der Waals surface area contributed by atoms with Crippen molar-refractivity contribution in [1.82, 2.24) is 4.57 Å². The van der Waals surface area contributed by atoms with E-state index in [2.05, 4.69) is 175 Å². The fourth-order valence-electron chi connectivity index (χ4n) is 10.4. The minimum absolute atomic E-state index is 0.0307. The molecule has 2 nitrogen and oxygen atoms in total. The molecule has 4 aromatic carbocycles. The highest BCUT2D eigenvalue weighted by atomic mass is 15.2. The Morgan fingerprint density at radius 1 is 0.792 bits per heavy atom. The topological polar surface area (TPSA) is 8.17 Å². The molecule has 0 fully saturated rings. The fraction of sp³-hybridized carbons (Fsp3) is 0.216. The first-order chi connectivity index (χ1) is 26.0. The molecular formula is C51H44N2. The van der Waals surface area contributed by atoms with Crippen LogP contribution >= 0.6 is 0 Å². The van der Waals surface area contributed by atoms with Gasteiger partial charge in [0.05, 0.1) is 11.6 Å². The van der Waals surface area contributed by atoms with E-state index in [9.17, 15) is 0 Å². The minimum Gasteiger partial charge on any atom is -0.333 e. The van der Waals surface area contributed by atoms with E-state index < -0.39 is 0 Å². The van der Waals surface area contributed by atoms with Crippen molar-refractivity contribution in [3.8, 4) is 0 Å². The maximum absolute atomic E-state index is 2.63. The molecule has 3 atom stereocenters. The molecule has 0 saturated heterocycles. The first-order valence-electron chi connectivity index (χ1n) is 19.7. The summed E-state index contributed by atoms with van der Waals surface area (Å²) in [5.74, 6) is 0.590. The van der Waals surface area contributed by atoms with Crippen LogP contribution in [-0.2, 0) is 11.8 Å². The molecule has 2 heteroatoms. The zero-order valence-electron chi connectivity index (χ0n) is 30.6. The van der Waals surface area contributed by atoms with Crippen molar-refractivity contribution in [3.05, 3.63) is 190 Å². The summed E-state index contributed by atoms with van der Waals surface area (Å²) in [5.41, 5.74) is 19.4. The van der Waals surface area contributed by atoms with Gasteiger partial charge in [0.2, 0.25) is 0 Å². The van der Waals surface area contributed by atoms with Gasteiger partial charge in [-0.05, 0) is 119 Å². The fourth-order valence-corrected chi connectivity index (χ4v) is 10.4. The smallest absolute Gasteiger partial charge is 0.0632 e. The first kappa shape index (κ1) is 31.0. The summed E-state index contributed by atoms with van der Waals surface area (Å²) in [6.07, 6.45) is 29.4. The maximum atomic E-state index is 2.63. The van der Waals surface area contributed by atoms with Gasteiger partial charge < -0.3 is 9.47 Å². The van der Waals surface area contributed by atoms with Crippen LogP contribution in [0.4, 0.5) is 11.4 Å². The summed E-state index contributed by atoms with van der Waals surface area (Å²) in [7, 11) is 0. The number of benzene rings is 4. The standard InChI is InChI=1S/C51H44N2/c1-51(2)45-19-11-9-17-39(45)41-31-44-43-30-36(35-23-27-48-42(29-35)40-18-10-12-20-47(40)52(48)37-15-7-4-8-16-37)24-28-49(43)53(50(44)32-46(41)51)38-25-21-34(22-26-38)33-13-5-3-6-14-33/h3,5,7,9-13,15-28,30-32,35,44,50H,4,6,8,14,29H2,1-2H3. The zero-order valence-corrected chi connectivity index (χ0v) is 30.6. The lowest BCUT2D eigenvalue weighted by molar-refractivity contribution is 0.639. The average Bonchev–Trinajstić information content (AvgIpc) is 3.80. The third-order valence-corrected chi connectivity index (χ3v) is 13.0. The molecule has 3 unspecified atom stereocenters. The van der Waals surface area contributed by atoms with Gasteiger partial charge in [0.1, 0.15) is 0 Å². The molecule has 1 aliphatic heterocycles. The summed E-state index contributed by atoms with van der Waals surface area (Å²) in [6, 6.07) is 35.1. The van der Waals surface area contributed by atoms with E-state index in [1.807, 2.05) is 0 Å². The molecule has 53 heavy (non-hydrogen) atoms. The lowest BCUT2D eigenvalue weighted by atomic mass is 9.76. The van der Waals surface area contributed by atoms with Gasteiger partial charge in [0.15, 0.2) is 0 Å². The molecule has 0 N–H and O–H groups in total. The molecule has 5 aromatic rings. The van der Waals surface area contributed by atoms with Crippen LogP contribution in [0.15, 0.2) is 151 Å². The van der Waals surface area contributed by atoms with Gasteiger partial charge >= 0.3 is 0 Å². The minimum atomic E-state index is -0.0307. The Morgan fingerprint density at radius 2 is 1.66 bits per heavy atom. The van der Waals surface area contributed by atoms with Crippen LogP contribution in [0.2, 0.25) is 0 Å². The number of anilines is 2. The Morgan fingerprint density at radius 3 is 2.51 bits per heavy atom. The lowest BCUT2D eigenvalue weighted by Crippen LogP contribution is -2.31. The Bertz CT molecular complexity index is 2570. The van der Waals surface area contributed by atoms with Crippen LogP contribution in [0.3, 0.4) is 0 Å². The Balaban J connectivity index is 1.02. The second-order valence-electron chi connectivity index (χ2n) is 16.2. The van der Waals surface area contributed by atoms with Crippen molar-refractivity contribution in [3.63, 3.8) is 0 Å². The third-order valence-electron chi connectivity index (χ3n) is 13.0. The van der Waals surface area contributed by atoms with Crippen molar-refractivity contribution < 1.29 is 0 Å². The summed E-state index contributed by atoms with van der Waals surface area (Å²) >= 11 is 0. The quantitative estimate of drug-likeness (QED) is 0.183.